The second-order valence-electron chi connectivity index (χ2n) is 4.04. The highest BCUT2D eigenvalue weighted by Gasteiger charge is 2.04. The number of nitrogens with two attached hydrogens (primary N) is 1. The van der Waals surface area contributed by atoms with Gasteiger partial charge in [-0.05, 0) is 26.0 Å². The van der Waals surface area contributed by atoms with Crippen LogP contribution in [0.2, 0.25) is 0 Å². The van der Waals surface area contributed by atoms with Gasteiger partial charge in [-0.25, -0.2) is 0 Å². The van der Waals surface area contributed by atoms with Crippen LogP contribution in [0, 0.1) is 0 Å². The molecule has 0 unspecified atom stereocenters. The number of ether oxygens (including phenoxy) is 2. The van der Waals surface area contributed by atoms with Crippen molar-refractivity contribution in [3.63, 3.8) is 0 Å². The number of nitrogen functional groups attached to an aromatic ring is 1. The fourth-order valence-electron chi connectivity index (χ4n) is 1.38. The first-order valence-corrected chi connectivity index (χ1v) is 5.65. The largest absolute Gasteiger partial charge is 0.474 e. The minimum atomic E-state index is 0.0434. The lowest BCUT2D eigenvalue weighted by molar-refractivity contribution is 0.229. The first-order valence-electron chi connectivity index (χ1n) is 5.65. The number of benzene rings is 1. The van der Waals surface area contributed by atoms with E-state index >= 15 is 0 Å². The Balaban J connectivity index is 2.14. The fraction of sp³-hybridized carbons (Fsp3) is 0.231. The van der Waals surface area contributed by atoms with E-state index in [0.29, 0.717) is 23.2 Å². The van der Waals surface area contributed by atoms with Crippen LogP contribution in [0.25, 0.3) is 0 Å². The van der Waals surface area contributed by atoms with Gasteiger partial charge >= 0.3 is 0 Å². The molecule has 0 aliphatic heterocycles. The van der Waals surface area contributed by atoms with Crippen molar-refractivity contribution < 1.29 is 9.47 Å². The summed E-state index contributed by atoms with van der Waals surface area (Å²) in [5.41, 5.74) is 6.30. The Hall–Kier alpha value is -2.30. The van der Waals surface area contributed by atoms with Crippen LogP contribution in [0.5, 0.6) is 17.5 Å². The van der Waals surface area contributed by atoms with Crippen LogP contribution in [-0.2, 0) is 0 Å². The molecule has 2 rings (SSSR count). The number of anilines is 1. The lowest BCUT2D eigenvalue weighted by Crippen LogP contribution is -2.07. The third-order valence-corrected chi connectivity index (χ3v) is 2.03. The van der Waals surface area contributed by atoms with Gasteiger partial charge in [0.15, 0.2) is 0 Å². The summed E-state index contributed by atoms with van der Waals surface area (Å²) in [4.78, 5) is 8.20. The Labute approximate surface area is 106 Å². The van der Waals surface area contributed by atoms with E-state index in [1.165, 1.54) is 6.20 Å². The zero-order chi connectivity index (χ0) is 13.0. The molecule has 2 aromatic rings. The van der Waals surface area contributed by atoms with Gasteiger partial charge in [0.25, 0.3) is 0 Å². The Morgan fingerprint density at radius 2 is 1.94 bits per heavy atom. The number of rotatable bonds is 4. The molecule has 1 heterocycles. The van der Waals surface area contributed by atoms with Gasteiger partial charge in [0.2, 0.25) is 11.8 Å². The summed E-state index contributed by atoms with van der Waals surface area (Å²) in [6, 6.07) is 7.12. The van der Waals surface area contributed by atoms with Crippen LogP contribution in [0.3, 0.4) is 0 Å². The minimum absolute atomic E-state index is 0.0434. The van der Waals surface area contributed by atoms with Gasteiger partial charge in [-0.1, -0.05) is 6.07 Å². The predicted octanol–water partition coefficient (Wildman–Crippen LogP) is 2.64. The summed E-state index contributed by atoms with van der Waals surface area (Å²) in [5.74, 6) is 1.43. The topological polar surface area (TPSA) is 70.3 Å². The van der Waals surface area contributed by atoms with E-state index in [2.05, 4.69) is 9.97 Å². The number of hydrogen-bond acceptors (Lipinski definition) is 5. The highest BCUT2D eigenvalue weighted by atomic mass is 16.5. The maximum absolute atomic E-state index is 5.67. The molecule has 1 aromatic heterocycles. The van der Waals surface area contributed by atoms with E-state index in [1.54, 1.807) is 24.4 Å². The Kier molecular flexibility index (Phi) is 3.62. The molecule has 0 atom stereocenters. The van der Waals surface area contributed by atoms with Crippen LogP contribution < -0.4 is 15.2 Å². The Bertz CT molecular complexity index is 529. The van der Waals surface area contributed by atoms with Crippen LogP contribution in [-0.4, -0.2) is 16.1 Å². The van der Waals surface area contributed by atoms with E-state index in [0.717, 1.165) is 0 Å². The highest BCUT2D eigenvalue weighted by Crippen LogP contribution is 2.22. The molecular weight excluding hydrogens is 230 g/mol. The first kappa shape index (κ1) is 12.2. The van der Waals surface area contributed by atoms with Crippen molar-refractivity contribution in [3.8, 4) is 17.5 Å². The van der Waals surface area contributed by atoms with Crippen molar-refractivity contribution in [3.05, 3.63) is 36.7 Å². The second kappa shape index (κ2) is 5.35. The molecule has 0 saturated carbocycles. The van der Waals surface area contributed by atoms with Gasteiger partial charge in [-0.2, -0.15) is 4.98 Å². The second-order valence-corrected chi connectivity index (χ2v) is 4.04. The molecule has 94 valence electrons. The van der Waals surface area contributed by atoms with E-state index in [9.17, 15) is 0 Å². The summed E-state index contributed by atoms with van der Waals surface area (Å²) in [5, 5.41) is 0. The summed E-state index contributed by atoms with van der Waals surface area (Å²) in [6.45, 7) is 3.85. The van der Waals surface area contributed by atoms with Crippen molar-refractivity contribution in [2.24, 2.45) is 0 Å². The summed E-state index contributed by atoms with van der Waals surface area (Å²) < 4.78 is 11.0. The number of aromatic nitrogens is 2. The molecule has 0 saturated heterocycles. The van der Waals surface area contributed by atoms with Gasteiger partial charge in [0.1, 0.15) is 5.75 Å². The van der Waals surface area contributed by atoms with Gasteiger partial charge in [0.05, 0.1) is 18.5 Å². The van der Waals surface area contributed by atoms with Gasteiger partial charge in [-0.3, -0.25) is 4.98 Å². The number of nitrogens with zero attached hydrogens (tertiary/aromatic N) is 2. The fourth-order valence-corrected chi connectivity index (χ4v) is 1.38. The Morgan fingerprint density at radius 1 is 1.17 bits per heavy atom. The summed E-state index contributed by atoms with van der Waals surface area (Å²) >= 11 is 0. The van der Waals surface area contributed by atoms with Crippen molar-refractivity contribution in [1.29, 1.82) is 0 Å². The van der Waals surface area contributed by atoms with Crippen molar-refractivity contribution in [2.75, 3.05) is 5.73 Å². The van der Waals surface area contributed by atoms with Gasteiger partial charge in [-0.15, -0.1) is 0 Å². The van der Waals surface area contributed by atoms with Crippen molar-refractivity contribution in [2.45, 2.75) is 20.0 Å². The quantitative estimate of drug-likeness (QED) is 0.838. The molecule has 0 aliphatic rings. The molecule has 0 spiro atoms. The third kappa shape index (κ3) is 3.35. The average Bonchev–Trinajstić information content (AvgIpc) is 2.28. The zero-order valence-electron chi connectivity index (χ0n) is 10.3. The van der Waals surface area contributed by atoms with Crippen LogP contribution >= 0.6 is 0 Å². The van der Waals surface area contributed by atoms with Crippen LogP contribution in [0.4, 0.5) is 5.69 Å². The Morgan fingerprint density at radius 3 is 2.67 bits per heavy atom. The van der Waals surface area contributed by atoms with Gasteiger partial charge < -0.3 is 15.2 Å². The van der Waals surface area contributed by atoms with E-state index < -0.39 is 0 Å². The lowest BCUT2D eigenvalue weighted by atomic mass is 10.3. The minimum Gasteiger partial charge on any atom is -0.474 e. The molecule has 5 heteroatoms. The standard InChI is InChI=1S/C13H15N3O2/c1-9(2)17-12-7-15-8-13(16-12)18-11-5-3-4-10(14)6-11/h3-9H,14H2,1-2H3. The maximum atomic E-state index is 5.67. The highest BCUT2D eigenvalue weighted by molar-refractivity contribution is 5.44. The van der Waals surface area contributed by atoms with Crippen LogP contribution in [0.15, 0.2) is 36.7 Å². The lowest BCUT2D eigenvalue weighted by Gasteiger charge is -2.09. The molecule has 18 heavy (non-hydrogen) atoms. The molecule has 0 bridgehead atoms. The molecule has 2 N–H and O–H groups in total. The first-order chi connectivity index (χ1) is 8.63. The predicted molar refractivity (Wildman–Crippen MR) is 68.7 cm³/mol. The molecule has 0 amide bonds. The van der Waals surface area contributed by atoms with Crippen molar-refractivity contribution in [1.82, 2.24) is 9.97 Å². The molecule has 1 aromatic carbocycles. The summed E-state index contributed by atoms with van der Waals surface area (Å²) in [7, 11) is 0. The maximum Gasteiger partial charge on any atom is 0.241 e. The smallest absolute Gasteiger partial charge is 0.241 e. The molecular formula is C13H15N3O2. The van der Waals surface area contributed by atoms with Crippen LogP contribution in [0.1, 0.15) is 13.8 Å². The third-order valence-electron chi connectivity index (χ3n) is 2.03. The van der Waals surface area contributed by atoms with Gasteiger partial charge in [0, 0.05) is 11.8 Å². The number of hydrogen-bond donors (Lipinski definition) is 1. The zero-order valence-corrected chi connectivity index (χ0v) is 10.3. The molecule has 5 nitrogen and oxygen atoms in total. The van der Waals surface area contributed by atoms with Crippen molar-refractivity contribution >= 4 is 5.69 Å². The SMILES string of the molecule is CC(C)Oc1cncc(Oc2cccc(N)c2)n1. The molecule has 0 fully saturated rings. The molecule has 0 aliphatic carbocycles. The summed E-state index contributed by atoms with van der Waals surface area (Å²) in [6.07, 6.45) is 3.12. The van der Waals surface area contributed by atoms with E-state index in [-0.39, 0.29) is 6.10 Å². The molecule has 0 radical (unpaired) electrons. The average molecular weight is 245 g/mol. The van der Waals surface area contributed by atoms with E-state index in [4.69, 9.17) is 15.2 Å². The normalized spacial score (nSPS) is 10.4. The van der Waals surface area contributed by atoms with E-state index in [1.807, 2.05) is 19.9 Å². The monoisotopic (exact) mass is 245 g/mol.